The molecule has 2 N–H and O–H groups in total. The van der Waals surface area contributed by atoms with E-state index in [1.165, 1.54) is 49.0 Å². The fourth-order valence-electron chi connectivity index (χ4n) is 3.64. The molecule has 164 valence electrons. The minimum absolute atomic E-state index is 0. The standard InChI is InChI=1S/C24H34N4O.HI/c1-25-24(26-14-17-28-15-8-3-9-16-28)27-18-22-12-6-7-13-23(22)20-29-19-21-10-4-2-5-11-21;/h2,4-7,10-13H,3,8-9,14-20H2,1H3,(H2,25,26,27);1H. The first-order chi connectivity index (χ1) is 14.3. The van der Waals surface area contributed by atoms with E-state index in [0.717, 1.165) is 25.6 Å². The number of piperidine rings is 1. The fraction of sp³-hybridized carbons (Fsp3) is 0.458. The van der Waals surface area contributed by atoms with Gasteiger partial charge in [0.1, 0.15) is 0 Å². The first-order valence-corrected chi connectivity index (χ1v) is 10.7. The van der Waals surface area contributed by atoms with E-state index < -0.39 is 0 Å². The molecule has 0 radical (unpaired) electrons. The average Bonchev–Trinajstić information content (AvgIpc) is 2.78. The Hall–Kier alpha value is -1.64. The maximum absolute atomic E-state index is 5.93. The average molecular weight is 522 g/mol. The number of aliphatic imine (C=N–C) groups is 1. The molecule has 1 aliphatic rings. The quantitative estimate of drug-likeness (QED) is 0.295. The number of benzene rings is 2. The van der Waals surface area contributed by atoms with E-state index in [9.17, 15) is 0 Å². The van der Waals surface area contributed by atoms with E-state index in [0.29, 0.717) is 13.2 Å². The summed E-state index contributed by atoms with van der Waals surface area (Å²) in [5, 5.41) is 6.87. The van der Waals surface area contributed by atoms with Crippen molar-refractivity contribution in [2.75, 3.05) is 33.2 Å². The molecule has 1 saturated heterocycles. The maximum Gasteiger partial charge on any atom is 0.191 e. The Balaban J connectivity index is 0.00000320. The van der Waals surface area contributed by atoms with Crippen molar-refractivity contribution in [2.45, 2.75) is 39.0 Å². The highest BCUT2D eigenvalue weighted by Gasteiger charge is 2.09. The van der Waals surface area contributed by atoms with E-state index in [1.54, 1.807) is 0 Å². The van der Waals surface area contributed by atoms with E-state index in [4.69, 9.17) is 4.74 Å². The van der Waals surface area contributed by atoms with E-state index >= 15 is 0 Å². The SMILES string of the molecule is CN=C(NCCN1CCCCC1)NCc1ccccc1COCc1ccccc1.I. The number of ether oxygens (including phenoxy) is 1. The van der Waals surface area contributed by atoms with Crippen molar-refractivity contribution in [3.8, 4) is 0 Å². The smallest absolute Gasteiger partial charge is 0.191 e. The molecule has 6 heteroatoms. The largest absolute Gasteiger partial charge is 0.372 e. The number of hydrogen-bond acceptors (Lipinski definition) is 3. The van der Waals surface area contributed by atoms with Crippen molar-refractivity contribution < 1.29 is 4.74 Å². The lowest BCUT2D eigenvalue weighted by atomic mass is 10.1. The van der Waals surface area contributed by atoms with Crippen molar-refractivity contribution in [3.63, 3.8) is 0 Å². The van der Waals surface area contributed by atoms with Gasteiger partial charge in [0.05, 0.1) is 13.2 Å². The monoisotopic (exact) mass is 522 g/mol. The van der Waals surface area contributed by atoms with Crippen LogP contribution in [0.4, 0.5) is 0 Å². The van der Waals surface area contributed by atoms with Crippen LogP contribution in [0, 0.1) is 0 Å². The van der Waals surface area contributed by atoms with Crippen LogP contribution in [-0.2, 0) is 24.5 Å². The summed E-state index contributed by atoms with van der Waals surface area (Å²) >= 11 is 0. The van der Waals surface area contributed by atoms with Crippen molar-refractivity contribution >= 4 is 29.9 Å². The summed E-state index contributed by atoms with van der Waals surface area (Å²) in [7, 11) is 1.82. The van der Waals surface area contributed by atoms with Crippen LogP contribution in [0.25, 0.3) is 0 Å². The Morgan fingerprint density at radius 1 is 0.900 bits per heavy atom. The molecule has 2 aromatic rings. The molecule has 0 atom stereocenters. The Labute approximate surface area is 198 Å². The number of likely N-dealkylation sites (tertiary alicyclic amines) is 1. The molecule has 0 bridgehead atoms. The van der Waals surface area contributed by atoms with Gasteiger partial charge in [-0.05, 0) is 42.6 Å². The summed E-state index contributed by atoms with van der Waals surface area (Å²) < 4.78 is 5.93. The molecule has 30 heavy (non-hydrogen) atoms. The summed E-state index contributed by atoms with van der Waals surface area (Å²) in [6.07, 6.45) is 4.04. The normalized spacial score (nSPS) is 14.8. The highest BCUT2D eigenvalue weighted by molar-refractivity contribution is 14.0. The second kappa shape index (κ2) is 14.4. The minimum Gasteiger partial charge on any atom is -0.372 e. The highest BCUT2D eigenvalue weighted by atomic mass is 127. The third kappa shape index (κ3) is 8.62. The molecule has 1 fully saturated rings. The molecule has 1 aliphatic heterocycles. The first kappa shape index (κ1) is 24.6. The van der Waals surface area contributed by atoms with Gasteiger partial charge in [-0.2, -0.15) is 0 Å². The predicted molar refractivity (Wildman–Crippen MR) is 135 cm³/mol. The van der Waals surface area contributed by atoms with Crippen molar-refractivity contribution in [1.82, 2.24) is 15.5 Å². The van der Waals surface area contributed by atoms with E-state index in [2.05, 4.69) is 56.9 Å². The molecule has 0 aliphatic carbocycles. The second-order valence-corrected chi connectivity index (χ2v) is 7.50. The van der Waals surface area contributed by atoms with Crippen LogP contribution in [0.3, 0.4) is 0 Å². The molecule has 0 spiro atoms. The topological polar surface area (TPSA) is 48.9 Å². The number of halogens is 1. The first-order valence-electron chi connectivity index (χ1n) is 10.7. The van der Waals surface area contributed by atoms with E-state index in [1.807, 2.05) is 25.2 Å². The lowest BCUT2D eigenvalue weighted by Gasteiger charge is -2.26. The lowest BCUT2D eigenvalue weighted by molar-refractivity contribution is 0.106. The number of nitrogens with zero attached hydrogens (tertiary/aromatic N) is 2. The molecule has 5 nitrogen and oxygen atoms in total. The van der Waals surface area contributed by atoms with Crippen LogP contribution in [0.5, 0.6) is 0 Å². The molecule has 0 saturated carbocycles. The van der Waals surface area contributed by atoms with Crippen LogP contribution in [-0.4, -0.2) is 44.1 Å². The number of nitrogens with one attached hydrogen (secondary N) is 2. The van der Waals surface area contributed by atoms with Gasteiger partial charge in [-0.1, -0.05) is 61.0 Å². The summed E-state index contributed by atoms with van der Waals surface area (Å²) in [5.74, 6) is 0.849. The van der Waals surface area contributed by atoms with Crippen molar-refractivity contribution in [1.29, 1.82) is 0 Å². The van der Waals surface area contributed by atoms with Gasteiger partial charge in [0.25, 0.3) is 0 Å². The zero-order valence-corrected chi connectivity index (χ0v) is 20.3. The van der Waals surface area contributed by atoms with Crippen LogP contribution in [0.2, 0.25) is 0 Å². The fourth-order valence-corrected chi connectivity index (χ4v) is 3.64. The second-order valence-electron chi connectivity index (χ2n) is 7.50. The third-order valence-electron chi connectivity index (χ3n) is 5.33. The van der Waals surface area contributed by atoms with Crippen LogP contribution in [0.15, 0.2) is 59.6 Å². The summed E-state index contributed by atoms with van der Waals surface area (Å²) in [5.41, 5.74) is 3.64. The van der Waals surface area contributed by atoms with Crippen LogP contribution in [0.1, 0.15) is 36.0 Å². The van der Waals surface area contributed by atoms with Gasteiger partial charge < -0.3 is 20.3 Å². The van der Waals surface area contributed by atoms with Crippen molar-refractivity contribution in [2.24, 2.45) is 4.99 Å². The highest BCUT2D eigenvalue weighted by Crippen LogP contribution is 2.12. The Kier molecular flexibility index (Phi) is 11.8. The zero-order chi connectivity index (χ0) is 20.2. The Morgan fingerprint density at radius 2 is 1.60 bits per heavy atom. The van der Waals surface area contributed by atoms with Gasteiger partial charge in [0.2, 0.25) is 0 Å². The summed E-state index contributed by atoms with van der Waals surface area (Å²) in [4.78, 5) is 6.89. The van der Waals surface area contributed by atoms with E-state index in [-0.39, 0.29) is 24.0 Å². The molecule has 0 amide bonds. The number of guanidine groups is 1. The van der Waals surface area contributed by atoms with Gasteiger partial charge in [-0.3, -0.25) is 4.99 Å². The van der Waals surface area contributed by atoms with Crippen LogP contribution < -0.4 is 10.6 Å². The Morgan fingerprint density at radius 3 is 2.33 bits per heavy atom. The Bertz CT molecular complexity index is 748. The predicted octanol–water partition coefficient (Wildman–Crippen LogP) is 4.17. The molecule has 2 aromatic carbocycles. The zero-order valence-electron chi connectivity index (χ0n) is 18.0. The summed E-state index contributed by atoms with van der Waals surface area (Å²) in [6.45, 7) is 6.41. The van der Waals surface area contributed by atoms with Gasteiger partial charge in [0.15, 0.2) is 5.96 Å². The minimum atomic E-state index is 0. The van der Waals surface area contributed by atoms with Gasteiger partial charge in [-0.25, -0.2) is 0 Å². The van der Waals surface area contributed by atoms with Gasteiger partial charge in [0, 0.05) is 26.7 Å². The third-order valence-corrected chi connectivity index (χ3v) is 5.33. The number of hydrogen-bond donors (Lipinski definition) is 2. The summed E-state index contributed by atoms with van der Waals surface area (Å²) in [6, 6.07) is 18.7. The molecular weight excluding hydrogens is 487 g/mol. The van der Waals surface area contributed by atoms with Crippen molar-refractivity contribution in [3.05, 3.63) is 71.3 Å². The van der Waals surface area contributed by atoms with Crippen LogP contribution >= 0.6 is 24.0 Å². The molecule has 0 aromatic heterocycles. The van der Waals surface area contributed by atoms with Gasteiger partial charge >= 0.3 is 0 Å². The molecule has 1 heterocycles. The molecular formula is C24H35IN4O. The molecule has 0 unspecified atom stereocenters. The number of rotatable bonds is 9. The lowest BCUT2D eigenvalue weighted by Crippen LogP contribution is -2.42. The maximum atomic E-state index is 5.93. The van der Waals surface area contributed by atoms with Gasteiger partial charge in [-0.15, -0.1) is 24.0 Å². The molecule has 3 rings (SSSR count).